The molecule has 1 aliphatic heterocycles. The monoisotopic (exact) mass is 462 g/mol. The highest BCUT2D eigenvalue weighted by atomic mass is 35.5. The second-order valence-electron chi connectivity index (χ2n) is 7.04. The minimum Gasteiger partial charge on any atom is -0.493 e. The van der Waals surface area contributed by atoms with Crippen molar-refractivity contribution < 1.29 is 23.9 Å². The quantitative estimate of drug-likeness (QED) is 0.511. The molecule has 9 heteroatoms. The van der Waals surface area contributed by atoms with Gasteiger partial charge in [-0.3, -0.25) is 14.9 Å². The van der Waals surface area contributed by atoms with Crippen LogP contribution in [0.4, 0.5) is 10.5 Å². The molecule has 7 nitrogen and oxygen atoms in total. The maximum atomic E-state index is 13.1. The van der Waals surface area contributed by atoms with Gasteiger partial charge in [0.25, 0.3) is 11.8 Å². The van der Waals surface area contributed by atoms with E-state index in [-0.39, 0.29) is 22.4 Å². The summed E-state index contributed by atoms with van der Waals surface area (Å²) >= 11 is 12.5. The van der Waals surface area contributed by atoms with E-state index >= 15 is 0 Å². The fourth-order valence-corrected chi connectivity index (χ4v) is 3.49. The minimum absolute atomic E-state index is 0.137. The number of urea groups is 1. The molecule has 31 heavy (non-hydrogen) atoms. The first-order chi connectivity index (χ1) is 14.6. The molecule has 2 aromatic rings. The van der Waals surface area contributed by atoms with E-state index < -0.39 is 17.8 Å². The van der Waals surface area contributed by atoms with Crippen molar-refractivity contribution in [2.45, 2.75) is 26.9 Å². The third-order valence-corrected chi connectivity index (χ3v) is 5.19. The molecule has 0 radical (unpaired) electrons. The molecule has 3 rings (SSSR count). The number of barbiturate groups is 1. The van der Waals surface area contributed by atoms with Crippen LogP contribution >= 0.6 is 23.2 Å². The van der Waals surface area contributed by atoms with E-state index in [9.17, 15) is 14.4 Å². The fourth-order valence-electron chi connectivity index (χ4n) is 3.05. The molecule has 0 saturated carbocycles. The Morgan fingerprint density at radius 1 is 1.10 bits per heavy atom. The highest BCUT2D eigenvalue weighted by Gasteiger charge is 2.37. The smallest absolute Gasteiger partial charge is 0.335 e. The van der Waals surface area contributed by atoms with Crippen LogP contribution < -0.4 is 19.7 Å². The minimum atomic E-state index is -0.853. The van der Waals surface area contributed by atoms with Crippen LogP contribution in [0.1, 0.15) is 25.0 Å². The number of nitrogens with zero attached hydrogens (tertiary/aromatic N) is 1. The number of imide groups is 2. The first-order valence-electron chi connectivity index (χ1n) is 9.34. The molecule has 0 aromatic heterocycles. The third-order valence-electron chi connectivity index (χ3n) is 4.50. The molecule has 0 spiro atoms. The lowest BCUT2D eigenvalue weighted by atomic mass is 10.1. The van der Waals surface area contributed by atoms with Crippen LogP contribution in [-0.4, -0.2) is 31.1 Å². The lowest BCUT2D eigenvalue weighted by molar-refractivity contribution is -0.122. The molecule has 1 aliphatic rings. The van der Waals surface area contributed by atoms with Crippen LogP contribution in [0.5, 0.6) is 11.5 Å². The number of amides is 4. The van der Waals surface area contributed by atoms with Gasteiger partial charge >= 0.3 is 6.03 Å². The van der Waals surface area contributed by atoms with Gasteiger partial charge in [-0.1, -0.05) is 29.3 Å². The van der Waals surface area contributed by atoms with E-state index in [4.69, 9.17) is 32.7 Å². The van der Waals surface area contributed by atoms with Gasteiger partial charge in [0, 0.05) is 5.02 Å². The normalized spacial score (nSPS) is 15.5. The zero-order valence-electron chi connectivity index (χ0n) is 17.3. The van der Waals surface area contributed by atoms with Crippen LogP contribution in [0.3, 0.4) is 0 Å². The molecule has 0 atom stereocenters. The molecular weight excluding hydrogens is 443 g/mol. The first-order valence-corrected chi connectivity index (χ1v) is 10.1. The van der Waals surface area contributed by atoms with Crippen LogP contribution in [-0.2, 0) is 9.59 Å². The molecule has 4 amide bonds. The topological polar surface area (TPSA) is 84.9 Å². The number of methoxy groups -OCH3 is 1. The van der Waals surface area contributed by atoms with Crippen molar-refractivity contribution in [3.63, 3.8) is 0 Å². The Bertz CT molecular complexity index is 1110. The van der Waals surface area contributed by atoms with Crippen molar-refractivity contribution in [3.05, 3.63) is 57.1 Å². The molecule has 1 heterocycles. The van der Waals surface area contributed by atoms with E-state index in [0.717, 1.165) is 4.90 Å². The second-order valence-corrected chi connectivity index (χ2v) is 7.86. The highest BCUT2D eigenvalue weighted by molar-refractivity contribution is 6.40. The van der Waals surface area contributed by atoms with Crippen LogP contribution in [0.15, 0.2) is 35.9 Å². The molecule has 0 bridgehead atoms. The van der Waals surface area contributed by atoms with Crippen molar-refractivity contribution in [1.29, 1.82) is 0 Å². The van der Waals surface area contributed by atoms with Gasteiger partial charge in [-0.05, 0) is 62.2 Å². The molecule has 2 aromatic carbocycles. The number of hydrogen-bond acceptors (Lipinski definition) is 5. The third kappa shape index (κ3) is 4.52. The fraction of sp³-hybridized carbons (Fsp3) is 0.227. The molecule has 1 N–H and O–H groups in total. The summed E-state index contributed by atoms with van der Waals surface area (Å²) in [6.07, 6.45) is 1.20. The van der Waals surface area contributed by atoms with Crippen LogP contribution in [0.2, 0.25) is 10.0 Å². The summed E-state index contributed by atoms with van der Waals surface area (Å²) in [7, 11) is 1.45. The predicted octanol–water partition coefficient (Wildman–Crippen LogP) is 4.76. The number of halogens is 2. The van der Waals surface area contributed by atoms with Gasteiger partial charge in [-0.15, -0.1) is 0 Å². The van der Waals surface area contributed by atoms with Crippen LogP contribution in [0.25, 0.3) is 6.08 Å². The number of benzene rings is 2. The van der Waals surface area contributed by atoms with Crippen LogP contribution in [0, 0.1) is 6.92 Å². The largest absolute Gasteiger partial charge is 0.493 e. The molecule has 1 fully saturated rings. The number of ether oxygens (including phenoxy) is 2. The summed E-state index contributed by atoms with van der Waals surface area (Å²) in [6, 6.07) is 7.11. The Morgan fingerprint density at radius 3 is 2.45 bits per heavy atom. The summed E-state index contributed by atoms with van der Waals surface area (Å²) in [5.41, 5.74) is 0.995. The standard InChI is InChI=1S/C22H20Cl2N2O5/c1-11(2)31-19-16(24)9-13(10-18(19)30-4)8-14-20(27)25-22(29)26(21(14)28)17-7-5-6-15(23)12(17)3/h5-11H,1-4H3,(H,25,27,29)/b14-8+. The van der Waals surface area contributed by atoms with Crippen molar-refractivity contribution in [3.8, 4) is 11.5 Å². The van der Waals surface area contributed by atoms with Crippen molar-refractivity contribution in [1.82, 2.24) is 5.32 Å². The summed E-state index contributed by atoms with van der Waals surface area (Å²) < 4.78 is 11.0. The van der Waals surface area contributed by atoms with Gasteiger partial charge in [0.15, 0.2) is 11.5 Å². The van der Waals surface area contributed by atoms with E-state index in [1.807, 2.05) is 13.8 Å². The Labute approximate surface area is 189 Å². The van der Waals surface area contributed by atoms with E-state index in [1.165, 1.54) is 13.2 Å². The number of carbonyl (C=O) groups is 3. The van der Waals surface area contributed by atoms with E-state index in [1.54, 1.807) is 37.3 Å². The molecule has 0 aliphatic carbocycles. The predicted molar refractivity (Wildman–Crippen MR) is 119 cm³/mol. The summed E-state index contributed by atoms with van der Waals surface area (Å²) in [4.78, 5) is 38.9. The Hall–Kier alpha value is -3.03. The molecular formula is C22H20Cl2N2O5. The number of hydrogen-bond donors (Lipinski definition) is 1. The van der Waals surface area contributed by atoms with Gasteiger partial charge in [-0.25, -0.2) is 9.69 Å². The number of rotatable bonds is 5. The zero-order valence-corrected chi connectivity index (χ0v) is 18.8. The average Bonchev–Trinajstić information content (AvgIpc) is 2.69. The van der Waals surface area contributed by atoms with Crippen molar-refractivity contribution >= 4 is 52.8 Å². The Balaban J connectivity index is 2.06. The molecule has 0 unspecified atom stereocenters. The lowest BCUT2D eigenvalue weighted by Crippen LogP contribution is -2.54. The van der Waals surface area contributed by atoms with Gasteiger partial charge in [0.2, 0.25) is 0 Å². The second kappa shape index (κ2) is 8.99. The molecule has 162 valence electrons. The Kier molecular flexibility index (Phi) is 6.57. The van der Waals surface area contributed by atoms with Crippen molar-refractivity contribution in [2.75, 3.05) is 12.0 Å². The average molecular weight is 463 g/mol. The zero-order chi connectivity index (χ0) is 22.9. The number of nitrogens with one attached hydrogen (secondary N) is 1. The van der Waals surface area contributed by atoms with Gasteiger partial charge in [0.05, 0.1) is 23.9 Å². The first kappa shape index (κ1) is 22.7. The van der Waals surface area contributed by atoms with Gasteiger partial charge in [-0.2, -0.15) is 0 Å². The lowest BCUT2D eigenvalue weighted by Gasteiger charge is -2.27. The maximum Gasteiger partial charge on any atom is 0.335 e. The molecule has 1 saturated heterocycles. The number of anilines is 1. The maximum absolute atomic E-state index is 13.1. The van der Waals surface area contributed by atoms with Crippen molar-refractivity contribution in [2.24, 2.45) is 0 Å². The van der Waals surface area contributed by atoms with Gasteiger partial charge < -0.3 is 9.47 Å². The van der Waals surface area contributed by atoms with E-state index in [2.05, 4.69) is 5.32 Å². The Morgan fingerprint density at radius 2 is 1.81 bits per heavy atom. The number of carbonyl (C=O) groups excluding carboxylic acids is 3. The van der Waals surface area contributed by atoms with E-state index in [0.29, 0.717) is 27.6 Å². The SMILES string of the molecule is COc1cc(/C=C2\C(=O)NC(=O)N(c3cccc(Cl)c3C)C2=O)cc(Cl)c1OC(C)C. The highest BCUT2D eigenvalue weighted by Crippen LogP contribution is 2.38. The summed E-state index contributed by atoms with van der Waals surface area (Å²) in [6.45, 7) is 5.37. The summed E-state index contributed by atoms with van der Waals surface area (Å²) in [5, 5.41) is 2.82. The summed E-state index contributed by atoms with van der Waals surface area (Å²) in [5.74, 6) is -0.900. The van der Waals surface area contributed by atoms with Gasteiger partial charge in [0.1, 0.15) is 5.57 Å².